The van der Waals surface area contributed by atoms with E-state index in [1.807, 2.05) is 17.0 Å². The van der Waals surface area contributed by atoms with Gasteiger partial charge in [-0.3, -0.25) is 4.79 Å². The summed E-state index contributed by atoms with van der Waals surface area (Å²) in [6, 6.07) is 6.10. The van der Waals surface area contributed by atoms with Crippen molar-refractivity contribution < 1.29 is 4.79 Å². The average Bonchev–Trinajstić information content (AvgIpc) is 2.84. The fourth-order valence-electron chi connectivity index (χ4n) is 2.95. The predicted octanol–water partition coefficient (Wildman–Crippen LogP) is 2.92. The minimum Gasteiger partial charge on any atom is -0.384 e. The number of carbonyl (C=O) groups excluding carboxylic acids is 1. The van der Waals surface area contributed by atoms with Crippen LogP contribution < -0.4 is 5.32 Å². The molecule has 2 aliphatic rings. The van der Waals surface area contributed by atoms with Crippen molar-refractivity contribution in [3.63, 3.8) is 0 Å². The summed E-state index contributed by atoms with van der Waals surface area (Å²) >= 11 is 0. The maximum absolute atomic E-state index is 12.5. The molecule has 1 N–H and O–H groups in total. The van der Waals surface area contributed by atoms with Crippen molar-refractivity contribution in [2.24, 2.45) is 5.92 Å². The van der Waals surface area contributed by atoms with Crippen LogP contribution in [0.25, 0.3) is 0 Å². The molecular weight excluding hydrogens is 236 g/mol. The molecule has 0 spiro atoms. The van der Waals surface area contributed by atoms with Gasteiger partial charge in [0.2, 0.25) is 0 Å². The molecule has 3 rings (SSSR count). The Bertz CT molecular complexity index is 480. The molecule has 102 valence electrons. The standard InChI is InChI=1S/C16H22N2O/c1-2-18(11-12-4-3-5-12)16(19)14-7-6-13-8-9-17-15(13)10-14/h6-7,10,12,17H,2-5,8-9,11H2,1H3. The van der Waals surface area contributed by atoms with Crippen molar-refractivity contribution in [1.29, 1.82) is 0 Å². The number of fused-ring (bicyclic) bond motifs is 1. The Morgan fingerprint density at radius 3 is 2.95 bits per heavy atom. The Hall–Kier alpha value is -1.51. The van der Waals surface area contributed by atoms with Crippen LogP contribution in [0.2, 0.25) is 0 Å². The van der Waals surface area contributed by atoms with E-state index in [2.05, 4.69) is 18.3 Å². The fourth-order valence-corrected chi connectivity index (χ4v) is 2.95. The molecule has 1 fully saturated rings. The number of amides is 1. The Balaban J connectivity index is 1.73. The maximum atomic E-state index is 12.5. The predicted molar refractivity (Wildman–Crippen MR) is 77.6 cm³/mol. The zero-order valence-corrected chi connectivity index (χ0v) is 11.6. The Morgan fingerprint density at radius 1 is 1.42 bits per heavy atom. The molecule has 0 bridgehead atoms. The van der Waals surface area contributed by atoms with Gasteiger partial charge in [0.15, 0.2) is 0 Å². The molecule has 1 heterocycles. The maximum Gasteiger partial charge on any atom is 0.253 e. The lowest BCUT2D eigenvalue weighted by Crippen LogP contribution is -2.37. The van der Waals surface area contributed by atoms with Gasteiger partial charge in [-0.15, -0.1) is 0 Å². The highest BCUT2D eigenvalue weighted by atomic mass is 16.2. The fraction of sp³-hybridized carbons (Fsp3) is 0.562. The van der Waals surface area contributed by atoms with Crippen LogP contribution in [0.15, 0.2) is 18.2 Å². The molecular formula is C16H22N2O. The van der Waals surface area contributed by atoms with E-state index in [9.17, 15) is 4.79 Å². The van der Waals surface area contributed by atoms with Crippen LogP contribution in [-0.2, 0) is 6.42 Å². The van der Waals surface area contributed by atoms with Crippen LogP contribution in [0.4, 0.5) is 5.69 Å². The molecule has 3 heteroatoms. The summed E-state index contributed by atoms with van der Waals surface area (Å²) in [4.78, 5) is 14.5. The van der Waals surface area contributed by atoms with Crippen molar-refractivity contribution in [3.05, 3.63) is 29.3 Å². The van der Waals surface area contributed by atoms with Gasteiger partial charge >= 0.3 is 0 Å². The van der Waals surface area contributed by atoms with E-state index < -0.39 is 0 Å². The zero-order chi connectivity index (χ0) is 13.2. The summed E-state index contributed by atoms with van der Waals surface area (Å²) in [5.74, 6) is 0.919. The minimum atomic E-state index is 0.186. The highest BCUT2D eigenvalue weighted by Gasteiger charge is 2.24. The molecule has 19 heavy (non-hydrogen) atoms. The van der Waals surface area contributed by atoms with E-state index in [1.54, 1.807) is 0 Å². The van der Waals surface area contributed by atoms with Crippen molar-refractivity contribution >= 4 is 11.6 Å². The molecule has 1 saturated carbocycles. The molecule has 1 aliphatic heterocycles. The molecule has 0 atom stereocenters. The van der Waals surface area contributed by atoms with E-state index in [4.69, 9.17) is 0 Å². The first-order valence-electron chi connectivity index (χ1n) is 7.44. The van der Waals surface area contributed by atoms with Gasteiger partial charge in [-0.25, -0.2) is 0 Å². The lowest BCUT2D eigenvalue weighted by molar-refractivity contribution is 0.0706. The second-order valence-corrected chi connectivity index (χ2v) is 5.69. The lowest BCUT2D eigenvalue weighted by atomic mass is 9.85. The molecule has 3 nitrogen and oxygen atoms in total. The lowest BCUT2D eigenvalue weighted by Gasteiger charge is -2.32. The third-order valence-electron chi connectivity index (χ3n) is 4.44. The summed E-state index contributed by atoms with van der Waals surface area (Å²) in [5, 5.41) is 3.34. The monoisotopic (exact) mass is 258 g/mol. The number of benzene rings is 1. The third kappa shape index (κ3) is 2.46. The highest BCUT2D eigenvalue weighted by molar-refractivity contribution is 5.95. The van der Waals surface area contributed by atoms with E-state index in [-0.39, 0.29) is 5.91 Å². The van der Waals surface area contributed by atoms with Crippen molar-refractivity contribution in [2.45, 2.75) is 32.6 Å². The topological polar surface area (TPSA) is 32.3 Å². The van der Waals surface area contributed by atoms with Gasteiger partial charge in [0.05, 0.1) is 0 Å². The van der Waals surface area contributed by atoms with Gasteiger partial charge in [0, 0.05) is 30.9 Å². The molecule has 1 amide bonds. The number of hydrogen-bond donors (Lipinski definition) is 1. The van der Waals surface area contributed by atoms with Crippen LogP contribution in [0, 0.1) is 5.92 Å². The van der Waals surface area contributed by atoms with E-state index in [0.717, 1.165) is 43.2 Å². The number of rotatable bonds is 4. The number of anilines is 1. The Kier molecular flexibility index (Phi) is 3.45. The smallest absolute Gasteiger partial charge is 0.253 e. The molecule has 1 aromatic carbocycles. The first kappa shape index (κ1) is 12.5. The summed E-state index contributed by atoms with van der Waals surface area (Å²) in [6.45, 7) is 4.80. The van der Waals surface area contributed by atoms with Gasteiger partial charge < -0.3 is 10.2 Å². The normalized spacial score (nSPS) is 17.5. The molecule has 1 aromatic rings. The Morgan fingerprint density at radius 2 is 2.26 bits per heavy atom. The van der Waals surface area contributed by atoms with Crippen LogP contribution in [0.1, 0.15) is 42.1 Å². The SMILES string of the molecule is CCN(CC1CCC1)C(=O)c1ccc2c(c1)NCC2. The van der Waals surface area contributed by atoms with Gasteiger partial charge in [-0.1, -0.05) is 12.5 Å². The van der Waals surface area contributed by atoms with Crippen molar-refractivity contribution in [3.8, 4) is 0 Å². The summed E-state index contributed by atoms with van der Waals surface area (Å²) in [6.07, 6.45) is 4.98. The van der Waals surface area contributed by atoms with Crippen LogP contribution in [-0.4, -0.2) is 30.4 Å². The van der Waals surface area contributed by atoms with Gasteiger partial charge in [0.25, 0.3) is 5.91 Å². The summed E-state index contributed by atoms with van der Waals surface area (Å²) in [5.41, 5.74) is 3.30. The van der Waals surface area contributed by atoms with Crippen LogP contribution >= 0.6 is 0 Å². The van der Waals surface area contributed by atoms with E-state index in [0.29, 0.717) is 0 Å². The number of hydrogen-bond acceptors (Lipinski definition) is 2. The van der Waals surface area contributed by atoms with Crippen LogP contribution in [0.3, 0.4) is 0 Å². The van der Waals surface area contributed by atoms with Crippen LogP contribution in [0.5, 0.6) is 0 Å². The summed E-state index contributed by atoms with van der Waals surface area (Å²) < 4.78 is 0. The average molecular weight is 258 g/mol. The molecule has 1 aliphatic carbocycles. The Labute approximate surface area is 115 Å². The quantitative estimate of drug-likeness (QED) is 0.900. The van der Waals surface area contributed by atoms with Crippen molar-refractivity contribution in [1.82, 2.24) is 4.90 Å². The van der Waals surface area contributed by atoms with E-state index in [1.165, 1.54) is 24.8 Å². The number of carbonyl (C=O) groups is 1. The molecule has 0 aromatic heterocycles. The second kappa shape index (κ2) is 5.24. The second-order valence-electron chi connectivity index (χ2n) is 5.69. The molecule has 0 saturated heterocycles. The first-order chi connectivity index (χ1) is 9.28. The number of nitrogens with zero attached hydrogens (tertiary/aromatic N) is 1. The van der Waals surface area contributed by atoms with Gasteiger partial charge in [0.1, 0.15) is 0 Å². The first-order valence-corrected chi connectivity index (χ1v) is 7.44. The van der Waals surface area contributed by atoms with Crippen molar-refractivity contribution in [2.75, 3.05) is 25.0 Å². The number of nitrogens with one attached hydrogen (secondary N) is 1. The van der Waals surface area contributed by atoms with E-state index >= 15 is 0 Å². The molecule has 0 radical (unpaired) electrons. The minimum absolute atomic E-state index is 0.186. The summed E-state index contributed by atoms with van der Waals surface area (Å²) in [7, 11) is 0. The zero-order valence-electron chi connectivity index (χ0n) is 11.6. The highest BCUT2D eigenvalue weighted by Crippen LogP contribution is 2.28. The van der Waals surface area contributed by atoms with Gasteiger partial charge in [-0.05, 0) is 49.8 Å². The molecule has 0 unspecified atom stereocenters. The van der Waals surface area contributed by atoms with Gasteiger partial charge in [-0.2, -0.15) is 0 Å². The largest absolute Gasteiger partial charge is 0.384 e. The third-order valence-corrected chi connectivity index (χ3v) is 4.44.